The number of aliphatic hydroxyl groups excluding tert-OH is 2. The van der Waals surface area contributed by atoms with E-state index in [1.807, 2.05) is 6.92 Å². The van der Waals surface area contributed by atoms with Crippen molar-refractivity contribution >= 4 is 29.0 Å². The van der Waals surface area contributed by atoms with Gasteiger partial charge in [0.15, 0.2) is 0 Å². The smallest absolute Gasteiger partial charge is 0.0481 e. The van der Waals surface area contributed by atoms with Gasteiger partial charge < -0.3 is 10.2 Å². The van der Waals surface area contributed by atoms with Gasteiger partial charge in [-0.15, -0.1) is 12.6 Å². The zero-order valence-corrected chi connectivity index (χ0v) is 10.1. The Hall–Kier alpha value is 0.360. The van der Waals surface area contributed by atoms with Crippen molar-refractivity contribution in [1.82, 2.24) is 0 Å². The van der Waals surface area contributed by atoms with Gasteiger partial charge in [0.25, 0.3) is 0 Å². The summed E-state index contributed by atoms with van der Waals surface area (Å²) in [7, 11) is 0. The van der Waals surface area contributed by atoms with E-state index in [4.69, 9.17) is 10.2 Å². The molecule has 13 heavy (non-hydrogen) atoms. The highest BCUT2D eigenvalue weighted by Gasteiger charge is 1.98. The zero-order valence-electron chi connectivity index (χ0n) is 8.36. The molecule has 0 aliphatic carbocycles. The van der Waals surface area contributed by atoms with E-state index in [0.717, 1.165) is 23.5 Å². The Balaban J connectivity index is 0. The first kappa shape index (κ1) is 15.8. The maximum absolute atomic E-state index is 8.37. The first-order valence-electron chi connectivity index (χ1n) is 4.55. The lowest BCUT2D eigenvalue weighted by Gasteiger charge is -2.03. The van der Waals surface area contributed by atoms with Crippen molar-refractivity contribution in [2.75, 3.05) is 13.2 Å². The Kier molecular flexibility index (Phi) is 15.0. The van der Waals surface area contributed by atoms with Crippen molar-refractivity contribution in [3.63, 3.8) is 0 Å². The average Bonchev–Trinajstić information content (AvgIpc) is 2.08. The highest BCUT2D eigenvalue weighted by Crippen LogP contribution is 1.96. The summed E-state index contributed by atoms with van der Waals surface area (Å²) in [5.41, 5.74) is 0. The quantitative estimate of drug-likeness (QED) is 0.494. The largest absolute Gasteiger partial charge is 0.396 e. The number of aliphatic hydroxyl groups is 2. The standard InChI is InChI=1S/C5H12O2.C4H8S2/c1-2-5(3-6)4-7;1-2-3-4(5)6/h5-7H,2-4H2,1H3;2-3H2,1H3,(H,5,6). The molecule has 4 heteroatoms. The first-order chi connectivity index (χ1) is 6.12. The fourth-order valence-electron chi connectivity index (χ4n) is 0.530. The Morgan fingerprint density at radius 3 is 1.77 bits per heavy atom. The molecule has 0 aromatic rings. The normalized spacial score (nSPS) is 9.38. The minimum atomic E-state index is 0.0972. The van der Waals surface area contributed by atoms with Crippen molar-refractivity contribution in [2.24, 2.45) is 5.92 Å². The second-order valence-electron chi connectivity index (χ2n) is 2.78. The van der Waals surface area contributed by atoms with Crippen LogP contribution in [0.4, 0.5) is 0 Å². The van der Waals surface area contributed by atoms with Crippen molar-refractivity contribution in [2.45, 2.75) is 33.1 Å². The Morgan fingerprint density at radius 1 is 1.31 bits per heavy atom. The van der Waals surface area contributed by atoms with Gasteiger partial charge in [0.05, 0.1) is 0 Å². The van der Waals surface area contributed by atoms with Crippen LogP contribution in [0.5, 0.6) is 0 Å². The van der Waals surface area contributed by atoms with Crippen LogP contribution in [0.2, 0.25) is 0 Å². The average molecular weight is 224 g/mol. The molecular formula is C9H20O2S2. The molecule has 2 nitrogen and oxygen atoms in total. The molecule has 80 valence electrons. The number of hydrogen-bond acceptors (Lipinski definition) is 3. The summed E-state index contributed by atoms with van der Waals surface area (Å²) in [5, 5.41) is 16.7. The summed E-state index contributed by atoms with van der Waals surface area (Å²) < 4.78 is 0.817. The molecule has 2 N–H and O–H groups in total. The third-order valence-electron chi connectivity index (χ3n) is 1.56. The number of rotatable bonds is 5. The van der Waals surface area contributed by atoms with Crippen molar-refractivity contribution in [1.29, 1.82) is 0 Å². The van der Waals surface area contributed by atoms with Gasteiger partial charge in [-0.1, -0.05) is 32.5 Å². The predicted molar refractivity (Wildman–Crippen MR) is 64.4 cm³/mol. The van der Waals surface area contributed by atoms with Crippen molar-refractivity contribution in [3.8, 4) is 0 Å². The van der Waals surface area contributed by atoms with E-state index in [2.05, 4.69) is 31.8 Å². The summed E-state index contributed by atoms with van der Waals surface area (Å²) >= 11 is 8.57. The Morgan fingerprint density at radius 2 is 1.77 bits per heavy atom. The number of thiol groups is 1. The topological polar surface area (TPSA) is 40.5 Å². The maximum Gasteiger partial charge on any atom is 0.0481 e. The van der Waals surface area contributed by atoms with Crippen molar-refractivity contribution < 1.29 is 10.2 Å². The molecule has 0 radical (unpaired) electrons. The van der Waals surface area contributed by atoms with Gasteiger partial charge in [0.2, 0.25) is 0 Å². The van der Waals surface area contributed by atoms with Gasteiger partial charge in [0, 0.05) is 23.3 Å². The molecule has 0 fully saturated rings. The van der Waals surface area contributed by atoms with Crippen LogP contribution in [0, 0.1) is 5.92 Å². The minimum absolute atomic E-state index is 0.0972. The van der Waals surface area contributed by atoms with E-state index in [0.29, 0.717) is 0 Å². The lowest BCUT2D eigenvalue weighted by atomic mass is 10.1. The molecule has 0 saturated carbocycles. The van der Waals surface area contributed by atoms with Crippen LogP contribution in [0.15, 0.2) is 0 Å². The molecule has 0 unspecified atom stereocenters. The first-order valence-corrected chi connectivity index (χ1v) is 5.41. The van der Waals surface area contributed by atoms with Crippen LogP contribution in [-0.2, 0) is 0 Å². The second-order valence-corrected chi connectivity index (χ2v) is 4.12. The molecular weight excluding hydrogens is 204 g/mol. The molecule has 0 amide bonds. The van der Waals surface area contributed by atoms with E-state index in [1.165, 1.54) is 0 Å². The van der Waals surface area contributed by atoms with Crippen LogP contribution >= 0.6 is 24.8 Å². The van der Waals surface area contributed by atoms with Gasteiger partial charge in [-0.25, -0.2) is 0 Å². The highest BCUT2D eigenvalue weighted by atomic mass is 32.1. The summed E-state index contributed by atoms with van der Waals surface area (Å²) in [5.74, 6) is 0.0972. The van der Waals surface area contributed by atoms with Crippen LogP contribution in [0.25, 0.3) is 0 Å². The molecule has 0 aromatic heterocycles. The summed E-state index contributed by atoms with van der Waals surface area (Å²) in [6.07, 6.45) is 2.94. The van der Waals surface area contributed by atoms with E-state index >= 15 is 0 Å². The van der Waals surface area contributed by atoms with Gasteiger partial charge in [-0.05, 0) is 12.8 Å². The Bertz CT molecular complexity index is 109. The highest BCUT2D eigenvalue weighted by molar-refractivity contribution is 8.11. The van der Waals surface area contributed by atoms with E-state index in [-0.39, 0.29) is 19.1 Å². The van der Waals surface area contributed by atoms with Crippen molar-refractivity contribution in [3.05, 3.63) is 0 Å². The van der Waals surface area contributed by atoms with Crippen LogP contribution in [0.3, 0.4) is 0 Å². The molecule has 0 atom stereocenters. The lowest BCUT2D eigenvalue weighted by molar-refractivity contribution is 0.147. The predicted octanol–water partition coefficient (Wildman–Crippen LogP) is 2.04. The van der Waals surface area contributed by atoms with E-state index in [9.17, 15) is 0 Å². The molecule has 0 bridgehead atoms. The molecule has 0 aliphatic heterocycles. The molecule has 0 heterocycles. The minimum Gasteiger partial charge on any atom is -0.396 e. The van der Waals surface area contributed by atoms with Gasteiger partial charge in [-0.2, -0.15) is 0 Å². The SMILES string of the molecule is CCC(CO)CO.CCCC(=S)S. The Labute approximate surface area is 91.8 Å². The molecule has 0 aromatic carbocycles. The summed E-state index contributed by atoms with van der Waals surface area (Å²) in [6.45, 7) is 4.24. The van der Waals surface area contributed by atoms with Gasteiger partial charge in [-0.3, -0.25) is 0 Å². The molecule has 0 aliphatic rings. The molecule has 0 spiro atoms. The summed E-state index contributed by atoms with van der Waals surface area (Å²) in [6, 6.07) is 0. The van der Waals surface area contributed by atoms with Crippen LogP contribution in [-0.4, -0.2) is 27.6 Å². The maximum atomic E-state index is 8.37. The second kappa shape index (κ2) is 12.4. The van der Waals surface area contributed by atoms with Gasteiger partial charge in [0.1, 0.15) is 0 Å². The monoisotopic (exact) mass is 224 g/mol. The zero-order chi connectivity index (χ0) is 10.7. The summed E-state index contributed by atoms with van der Waals surface area (Å²) in [4.78, 5) is 0. The number of hydrogen-bond donors (Lipinski definition) is 3. The van der Waals surface area contributed by atoms with Crippen LogP contribution < -0.4 is 0 Å². The fourth-order valence-corrected chi connectivity index (χ4v) is 0.958. The lowest BCUT2D eigenvalue weighted by Crippen LogP contribution is -2.08. The third-order valence-corrected chi connectivity index (χ3v) is 1.99. The third kappa shape index (κ3) is 15.1. The molecule has 0 rings (SSSR count). The van der Waals surface area contributed by atoms with Gasteiger partial charge >= 0.3 is 0 Å². The molecule has 0 saturated heterocycles. The van der Waals surface area contributed by atoms with E-state index in [1.54, 1.807) is 0 Å². The number of thiocarbonyl (C=S) groups is 1. The van der Waals surface area contributed by atoms with Crippen LogP contribution in [0.1, 0.15) is 33.1 Å². The fraction of sp³-hybridized carbons (Fsp3) is 0.889. The van der Waals surface area contributed by atoms with E-state index < -0.39 is 0 Å².